The molecule has 5 nitrogen and oxygen atoms in total. The van der Waals surface area contributed by atoms with Crippen LogP contribution in [0.15, 0.2) is 48.5 Å². The number of likely N-dealkylation sites (N-methyl/N-ethyl adjacent to an activating group) is 1. The van der Waals surface area contributed by atoms with Gasteiger partial charge < -0.3 is 14.4 Å². The van der Waals surface area contributed by atoms with Crippen molar-refractivity contribution in [3.8, 4) is 5.75 Å². The van der Waals surface area contributed by atoms with Crippen LogP contribution in [0.1, 0.15) is 61.2 Å². The highest BCUT2D eigenvalue weighted by Gasteiger charge is 2.43. The summed E-state index contributed by atoms with van der Waals surface area (Å²) in [4.78, 5) is 17.7. The van der Waals surface area contributed by atoms with Crippen molar-refractivity contribution in [2.45, 2.75) is 58.3 Å². The zero-order chi connectivity index (χ0) is 22.7. The maximum absolute atomic E-state index is 13.2. The normalized spacial score (nSPS) is 21.2. The lowest BCUT2D eigenvalue weighted by molar-refractivity contribution is -0.175. The van der Waals surface area contributed by atoms with E-state index in [1.54, 1.807) is 0 Å². The first-order chi connectivity index (χ1) is 15.4. The summed E-state index contributed by atoms with van der Waals surface area (Å²) in [5.41, 5.74) is 2.79. The molecule has 0 N–H and O–H groups in total. The molecule has 1 spiro atoms. The minimum atomic E-state index is -0.184. The Kier molecular flexibility index (Phi) is 6.87. The third-order valence-electron chi connectivity index (χ3n) is 6.69. The molecule has 2 aromatic carbocycles. The van der Waals surface area contributed by atoms with Crippen LogP contribution in [0.2, 0.25) is 0 Å². The van der Waals surface area contributed by atoms with E-state index in [2.05, 4.69) is 36.1 Å². The van der Waals surface area contributed by atoms with E-state index in [0.717, 1.165) is 62.4 Å². The van der Waals surface area contributed by atoms with Crippen LogP contribution in [0.4, 0.5) is 0 Å². The molecule has 2 aromatic rings. The van der Waals surface area contributed by atoms with Gasteiger partial charge >= 0.3 is 0 Å². The maximum atomic E-state index is 13.2. The molecule has 1 amide bonds. The summed E-state index contributed by atoms with van der Waals surface area (Å²) in [6.07, 6.45) is 1.94. The number of hydrogen-bond donors (Lipinski definition) is 0. The molecular weight excluding hydrogens is 400 g/mol. The van der Waals surface area contributed by atoms with E-state index in [9.17, 15) is 4.79 Å². The van der Waals surface area contributed by atoms with E-state index in [1.165, 1.54) is 5.56 Å². The SMILES string of the molecule is CCN1CC(c2ccccc2)OC2(CCN(C(=O)c3ccc(OC(C)C)c(C)c3)CC2)C1. The Morgan fingerprint density at radius 1 is 1.16 bits per heavy atom. The smallest absolute Gasteiger partial charge is 0.253 e. The van der Waals surface area contributed by atoms with Gasteiger partial charge in [0.05, 0.1) is 17.8 Å². The van der Waals surface area contributed by atoms with Crippen molar-refractivity contribution in [3.63, 3.8) is 0 Å². The van der Waals surface area contributed by atoms with Crippen LogP contribution in [0.3, 0.4) is 0 Å². The van der Waals surface area contributed by atoms with Gasteiger partial charge in [0.15, 0.2) is 0 Å². The van der Waals surface area contributed by atoms with Gasteiger partial charge in [-0.25, -0.2) is 0 Å². The number of aryl methyl sites for hydroxylation is 1. The Hall–Kier alpha value is -2.37. The molecular formula is C27H36N2O3. The number of carbonyl (C=O) groups is 1. The third-order valence-corrected chi connectivity index (χ3v) is 6.69. The zero-order valence-electron chi connectivity index (χ0n) is 19.8. The molecule has 1 unspecified atom stereocenters. The fourth-order valence-corrected chi connectivity index (χ4v) is 4.91. The summed E-state index contributed by atoms with van der Waals surface area (Å²) in [5.74, 6) is 0.943. The van der Waals surface area contributed by atoms with Crippen molar-refractivity contribution in [3.05, 3.63) is 65.2 Å². The number of carbonyl (C=O) groups excluding carboxylic acids is 1. The molecule has 2 fully saturated rings. The van der Waals surface area contributed by atoms with Crippen LogP contribution < -0.4 is 4.74 Å². The molecule has 0 radical (unpaired) electrons. The molecule has 0 saturated carbocycles. The Labute approximate surface area is 192 Å². The fourth-order valence-electron chi connectivity index (χ4n) is 4.91. The standard InChI is InChI=1S/C27H36N2O3/c1-5-28-18-25(22-9-7-6-8-10-22)32-27(19-28)13-15-29(16-14-27)26(30)23-11-12-24(21(4)17-23)31-20(2)3/h6-12,17,20,25H,5,13-16,18-19H2,1-4H3. The van der Waals surface area contributed by atoms with Crippen LogP contribution in [0.25, 0.3) is 0 Å². The van der Waals surface area contributed by atoms with Gasteiger partial charge in [0.2, 0.25) is 0 Å². The number of benzene rings is 2. The van der Waals surface area contributed by atoms with E-state index in [0.29, 0.717) is 0 Å². The molecule has 32 heavy (non-hydrogen) atoms. The van der Waals surface area contributed by atoms with E-state index in [4.69, 9.17) is 9.47 Å². The number of hydrogen-bond acceptors (Lipinski definition) is 4. The largest absolute Gasteiger partial charge is 0.491 e. The second kappa shape index (κ2) is 9.63. The van der Waals surface area contributed by atoms with Crippen LogP contribution >= 0.6 is 0 Å². The molecule has 172 valence electrons. The summed E-state index contributed by atoms with van der Waals surface area (Å²) < 4.78 is 12.6. The maximum Gasteiger partial charge on any atom is 0.253 e. The summed E-state index contributed by atoms with van der Waals surface area (Å²) in [7, 11) is 0. The van der Waals surface area contributed by atoms with Crippen LogP contribution in [-0.4, -0.2) is 60.1 Å². The predicted octanol–water partition coefficient (Wildman–Crippen LogP) is 4.85. The Bertz CT molecular complexity index is 920. The number of amides is 1. The van der Waals surface area contributed by atoms with Crippen molar-refractivity contribution in [1.29, 1.82) is 0 Å². The Morgan fingerprint density at radius 3 is 2.50 bits per heavy atom. The van der Waals surface area contributed by atoms with Crippen LogP contribution in [0.5, 0.6) is 5.75 Å². The average molecular weight is 437 g/mol. The van der Waals surface area contributed by atoms with Gasteiger partial charge in [-0.2, -0.15) is 0 Å². The fraction of sp³-hybridized carbons (Fsp3) is 0.519. The second-order valence-electron chi connectivity index (χ2n) is 9.47. The topological polar surface area (TPSA) is 42.0 Å². The van der Waals surface area contributed by atoms with Gasteiger partial charge in [-0.1, -0.05) is 37.3 Å². The Morgan fingerprint density at radius 2 is 1.88 bits per heavy atom. The molecule has 5 heteroatoms. The van der Waals surface area contributed by atoms with E-state index < -0.39 is 0 Å². The summed E-state index contributed by atoms with van der Waals surface area (Å²) >= 11 is 0. The van der Waals surface area contributed by atoms with Crippen molar-refractivity contribution >= 4 is 5.91 Å². The van der Waals surface area contributed by atoms with Crippen molar-refractivity contribution in [2.24, 2.45) is 0 Å². The quantitative estimate of drug-likeness (QED) is 0.672. The van der Waals surface area contributed by atoms with Gasteiger partial charge in [0, 0.05) is 31.7 Å². The van der Waals surface area contributed by atoms with Gasteiger partial charge in [0.25, 0.3) is 5.91 Å². The van der Waals surface area contributed by atoms with Gasteiger partial charge in [-0.15, -0.1) is 0 Å². The van der Waals surface area contributed by atoms with Gasteiger partial charge in [-0.3, -0.25) is 9.69 Å². The van der Waals surface area contributed by atoms with Crippen LogP contribution in [0, 0.1) is 6.92 Å². The lowest BCUT2D eigenvalue weighted by Crippen LogP contribution is -2.58. The molecule has 1 atom stereocenters. The monoisotopic (exact) mass is 436 g/mol. The highest BCUT2D eigenvalue weighted by molar-refractivity contribution is 5.94. The first-order valence-electron chi connectivity index (χ1n) is 11.9. The van der Waals surface area contributed by atoms with Crippen LogP contribution in [-0.2, 0) is 4.74 Å². The van der Waals surface area contributed by atoms with Crippen molar-refractivity contribution in [1.82, 2.24) is 9.80 Å². The summed E-state index contributed by atoms with van der Waals surface area (Å²) in [6, 6.07) is 16.3. The molecule has 0 aromatic heterocycles. The first kappa shape index (κ1) is 22.8. The molecule has 0 bridgehead atoms. The summed E-state index contributed by atoms with van der Waals surface area (Å²) in [6.45, 7) is 12.6. The molecule has 4 rings (SSSR count). The minimum absolute atomic E-state index is 0.0864. The van der Waals surface area contributed by atoms with Crippen molar-refractivity contribution < 1.29 is 14.3 Å². The predicted molar refractivity (Wildman–Crippen MR) is 127 cm³/mol. The molecule has 0 aliphatic carbocycles. The minimum Gasteiger partial charge on any atom is -0.491 e. The number of rotatable bonds is 5. The molecule has 2 saturated heterocycles. The lowest BCUT2D eigenvalue weighted by atomic mass is 9.87. The molecule has 2 aliphatic heterocycles. The number of morpholine rings is 1. The number of nitrogens with zero attached hydrogens (tertiary/aromatic N) is 2. The molecule has 2 heterocycles. The average Bonchev–Trinajstić information content (AvgIpc) is 2.80. The zero-order valence-corrected chi connectivity index (χ0v) is 19.8. The van der Waals surface area contributed by atoms with Crippen molar-refractivity contribution in [2.75, 3.05) is 32.7 Å². The van der Waals surface area contributed by atoms with Gasteiger partial charge in [-0.05, 0) is 69.5 Å². The summed E-state index contributed by atoms with van der Waals surface area (Å²) in [5, 5.41) is 0. The highest BCUT2D eigenvalue weighted by atomic mass is 16.5. The van der Waals surface area contributed by atoms with Gasteiger partial charge in [0.1, 0.15) is 5.75 Å². The number of likely N-dealkylation sites (tertiary alicyclic amines) is 1. The van der Waals surface area contributed by atoms with E-state index in [1.807, 2.05) is 49.9 Å². The Balaban J connectivity index is 1.43. The lowest BCUT2D eigenvalue weighted by Gasteiger charge is -2.50. The third kappa shape index (κ3) is 5.00. The van der Waals surface area contributed by atoms with E-state index >= 15 is 0 Å². The van der Waals surface area contributed by atoms with E-state index in [-0.39, 0.29) is 23.7 Å². The number of piperidine rings is 1. The molecule has 2 aliphatic rings. The highest BCUT2D eigenvalue weighted by Crippen LogP contribution is 2.38. The number of ether oxygens (including phenoxy) is 2. The first-order valence-corrected chi connectivity index (χ1v) is 11.9. The second-order valence-corrected chi connectivity index (χ2v) is 9.47.